The summed E-state index contributed by atoms with van der Waals surface area (Å²) < 4.78 is 5.60. The number of nitrogens with one attached hydrogen (secondary N) is 1. The number of carbonyl (C=O) groups excluding carboxylic acids is 1. The topological polar surface area (TPSA) is 51.2 Å². The number of anilines is 1. The smallest absolute Gasteiger partial charge is 0.262 e. The molecule has 3 aromatic rings. The molecule has 0 aliphatic heterocycles. The average molecular weight is 352 g/mol. The van der Waals surface area contributed by atoms with Crippen molar-refractivity contribution in [3.8, 4) is 17.0 Å². The van der Waals surface area contributed by atoms with Gasteiger partial charge >= 0.3 is 0 Å². The fraction of sp³-hybridized carbons (Fsp3) is 0.200. The maximum atomic E-state index is 12.1. The molecule has 0 spiro atoms. The number of benzene rings is 2. The van der Waals surface area contributed by atoms with Gasteiger partial charge in [-0.3, -0.25) is 4.79 Å². The van der Waals surface area contributed by atoms with Crippen LogP contribution >= 0.6 is 11.3 Å². The monoisotopic (exact) mass is 352 g/mol. The van der Waals surface area contributed by atoms with E-state index in [4.69, 9.17) is 4.74 Å². The van der Waals surface area contributed by atoms with Crippen molar-refractivity contribution in [2.75, 3.05) is 11.9 Å². The molecule has 5 heteroatoms. The van der Waals surface area contributed by atoms with Crippen LogP contribution in [0, 0.1) is 20.8 Å². The van der Waals surface area contributed by atoms with Crippen molar-refractivity contribution >= 4 is 22.9 Å². The fourth-order valence-electron chi connectivity index (χ4n) is 2.52. The molecule has 0 unspecified atom stereocenters. The van der Waals surface area contributed by atoms with Gasteiger partial charge < -0.3 is 10.1 Å². The number of amides is 1. The highest BCUT2D eigenvalue weighted by Crippen LogP contribution is 2.23. The second-order valence-electron chi connectivity index (χ2n) is 5.93. The number of hydrogen-bond acceptors (Lipinski definition) is 4. The fourth-order valence-corrected chi connectivity index (χ4v) is 3.14. The van der Waals surface area contributed by atoms with Gasteiger partial charge in [0.05, 0.1) is 10.7 Å². The van der Waals surface area contributed by atoms with Crippen LogP contribution in [0.1, 0.15) is 16.1 Å². The third kappa shape index (κ3) is 4.45. The number of aromatic nitrogens is 1. The quantitative estimate of drug-likeness (QED) is 0.721. The van der Waals surface area contributed by atoms with E-state index in [2.05, 4.69) is 10.3 Å². The summed E-state index contributed by atoms with van der Waals surface area (Å²) in [6.07, 6.45) is 0. The molecular formula is C20H20N2O2S. The van der Waals surface area contributed by atoms with Crippen LogP contribution in [0.25, 0.3) is 11.3 Å². The number of rotatable bonds is 5. The van der Waals surface area contributed by atoms with Gasteiger partial charge in [0.2, 0.25) is 0 Å². The molecule has 1 amide bonds. The van der Waals surface area contributed by atoms with Gasteiger partial charge in [0.1, 0.15) is 5.75 Å². The zero-order valence-electron chi connectivity index (χ0n) is 14.5. The molecule has 0 fully saturated rings. The molecule has 0 saturated carbocycles. The summed E-state index contributed by atoms with van der Waals surface area (Å²) in [5.41, 5.74) is 4.93. The van der Waals surface area contributed by atoms with Crippen LogP contribution < -0.4 is 10.1 Å². The SMILES string of the molecule is Cc1ccc(OCC(=O)Nc2ccc(-c3csc(C)n3)cc2)c(C)c1. The molecule has 25 heavy (non-hydrogen) atoms. The lowest BCUT2D eigenvalue weighted by molar-refractivity contribution is -0.118. The van der Waals surface area contributed by atoms with Gasteiger partial charge in [-0.2, -0.15) is 0 Å². The minimum absolute atomic E-state index is 0.0169. The lowest BCUT2D eigenvalue weighted by Gasteiger charge is -2.10. The first-order valence-electron chi connectivity index (χ1n) is 8.04. The Hall–Kier alpha value is -2.66. The van der Waals surface area contributed by atoms with Crippen LogP contribution in [-0.4, -0.2) is 17.5 Å². The molecular weight excluding hydrogens is 332 g/mol. The molecule has 4 nitrogen and oxygen atoms in total. The molecule has 0 bridgehead atoms. The molecule has 0 radical (unpaired) electrons. The second kappa shape index (κ2) is 7.49. The highest BCUT2D eigenvalue weighted by molar-refractivity contribution is 7.09. The van der Waals surface area contributed by atoms with Gasteiger partial charge in [-0.1, -0.05) is 29.8 Å². The van der Waals surface area contributed by atoms with E-state index in [9.17, 15) is 4.79 Å². The first-order valence-corrected chi connectivity index (χ1v) is 8.92. The van der Waals surface area contributed by atoms with Crippen LogP contribution in [0.15, 0.2) is 47.8 Å². The molecule has 1 N–H and O–H groups in total. The van der Waals surface area contributed by atoms with Crippen LogP contribution in [-0.2, 0) is 4.79 Å². The lowest BCUT2D eigenvalue weighted by atomic mass is 10.1. The van der Waals surface area contributed by atoms with Crippen molar-refractivity contribution in [3.63, 3.8) is 0 Å². The number of ether oxygens (including phenoxy) is 1. The summed E-state index contributed by atoms with van der Waals surface area (Å²) in [6.45, 7) is 5.97. The normalized spacial score (nSPS) is 10.5. The summed E-state index contributed by atoms with van der Waals surface area (Å²) in [7, 11) is 0. The number of thiazole rings is 1. The maximum absolute atomic E-state index is 12.1. The van der Waals surface area contributed by atoms with E-state index in [-0.39, 0.29) is 12.5 Å². The van der Waals surface area contributed by atoms with Crippen molar-refractivity contribution in [3.05, 3.63) is 64.0 Å². The van der Waals surface area contributed by atoms with Crippen molar-refractivity contribution in [2.45, 2.75) is 20.8 Å². The molecule has 0 aliphatic carbocycles. The maximum Gasteiger partial charge on any atom is 0.262 e. The zero-order valence-corrected chi connectivity index (χ0v) is 15.3. The van der Waals surface area contributed by atoms with E-state index in [0.717, 1.165) is 33.3 Å². The minimum Gasteiger partial charge on any atom is -0.483 e. The largest absolute Gasteiger partial charge is 0.483 e. The zero-order chi connectivity index (χ0) is 17.8. The molecule has 0 atom stereocenters. The molecule has 1 heterocycles. The Morgan fingerprint density at radius 2 is 1.88 bits per heavy atom. The third-order valence-electron chi connectivity index (χ3n) is 3.77. The van der Waals surface area contributed by atoms with E-state index in [1.165, 1.54) is 5.56 Å². The number of hydrogen-bond donors (Lipinski definition) is 1. The summed E-state index contributed by atoms with van der Waals surface area (Å²) in [4.78, 5) is 16.5. The van der Waals surface area contributed by atoms with E-state index in [1.807, 2.05) is 68.6 Å². The minimum atomic E-state index is -0.183. The Morgan fingerprint density at radius 3 is 2.52 bits per heavy atom. The molecule has 1 aromatic heterocycles. The van der Waals surface area contributed by atoms with Gasteiger partial charge in [-0.25, -0.2) is 4.98 Å². The second-order valence-corrected chi connectivity index (χ2v) is 7.00. The van der Waals surface area contributed by atoms with Crippen LogP contribution in [0.4, 0.5) is 5.69 Å². The number of carbonyl (C=O) groups is 1. The summed E-state index contributed by atoms with van der Waals surface area (Å²) in [5, 5.41) is 5.91. The Morgan fingerprint density at radius 1 is 1.12 bits per heavy atom. The van der Waals surface area contributed by atoms with E-state index >= 15 is 0 Å². The standard InChI is InChI=1S/C20H20N2O2S/c1-13-4-9-19(14(2)10-13)24-11-20(23)22-17-7-5-16(6-8-17)18-12-25-15(3)21-18/h4-10,12H,11H2,1-3H3,(H,22,23). The molecule has 0 aliphatic rings. The Labute approximate surface area is 151 Å². The average Bonchev–Trinajstić information content (AvgIpc) is 3.01. The molecule has 3 rings (SSSR count). The molecule has 0 saturated heterocycles. The van der Waals surface area contributed by atoms with Crippen LogP contribution in [0.2, 0.25) is 0 Å². The van der Waals surface area contributed by atoms with E-state index in [0.29, 0.717) is 0 Å². The molecule has 2 aromatic carbocycles. The summed E-state index contributed by atoms with van der Waals surface area (Å²) in [6, 6.07) is 13.6. The van der Waals surface area contributed by atoms with Crippen LogP contribution in [0.3, 0.4) is 0 Å². The van der Waals surface area contributed by atoms with Crippen molar-refractivity contribution in [2.24, 2.45) is 0 Å². The Bertz CT molecular complexity index is 885. The van der Waals surface area contributed by atoms with Gasteiger partial charge in [-0.15, -0.1) is 11.3 Å². The Balaban J connectivity index is 1.57. The van der Waals surface area contributed by atoms with Crippen molar-refractivity contribution in [1.29, 1.82) is 0 Å². The number of aryl methyl sites for hydroxylation is 3. The number of nitrogens with zero attached hydrogens (tertiary/aromatic N) is 1. The molecule has 128 valence electrons. The Kier molecular flexibility index (Phi) is 5.14. The van der Waals surface area contributed by atoms with Gasteiger partial charge in [0, 0.05) is 16.6 Å². The van der Waals surface area contributed by atoms with Gasteiger partial charge in [-0.05, 0) is 44.5 Å². The van der Waals surface area contributed by atoms with E-state index in [1.54, 1.807) is 11.3 Å². The third-order valence-corrected chi connectivity index (χ3v) is 4.55. The van der Waals surface area contributed by atoms with Gasteiger partial charge in [0.25, 0.3) is 5.91 Å². The predicted octanol–water partition coefficient (Wildman–Crippen LogP) is 4.75. The highest BCUT2D eigenvalue weighted by atomic mass is 32.1. The van der Waals surface area contributed by atoms with E-state index < -0.39 is 0 Å². The van der Waals surface area contributed by atoms with Crippen LogP contribution in [0.5, 0.6) is 5.75 Å². The first kappa shape index (κ1) is 17.2. The summed E-state index contributed by atoms with van der Waals surface area (Å²) >= 11 is 1.62. The van der Waals surface area contributed by atoms with Gasteiger partial charge in [0.15, 0.2) is 6.61 Å². The van der Waals surface area contributed by atoms with Crippen molar-refractivity contribution in [1.82, 2.24) is 4.98 Å². The predicted molar refractivity (Wildman–Crippen MR) is 102 cm³/mol. The lowest BCUT2D eigenvalue weighted by Crippen LogP contribution is -2.20. The summed E-state index contributed by atoms with van der Waals surface area (Å²) in [5.74, 6) is 0.548. The van der Waals surface area contributed by atoms with Crippen molar-refractivity contribution < 1.29 is 9.53 Å². The highest BCUT2D eigenvalue weighted by Gasteiger charge is 2.07. The first-order chi connectivity index (χ1) is 12.0.